The number of halogens is 1. The van der Waals surface area contributed by atoms with E-state index in [1.54, 1.807) is 0 Å². The van der Waals surface area contributed by atoms with Crippen molar-refractivity contribution in [3.05, 3.63) is 35.0 Å². The van der Waals surface area contributed by atoms with Crippen LogP contribution >= 0.6 is 11.6 Å². The number of hydrogen-bond acceptors (Lipinski definition) is 3. The highest BCUT2D eigenvalue weighted by Crippen LogP contribution is 2.27. The number of benzene rings is 1. The van der Waals surface area contributed by atoms with Crippen LogP contribution in [0.25, 0.3) is 10.9 Å². The standard InChI is InChI=1S/C10H6ClNO3/c11-9-6-2-1-5(13)3-8(6)12-4-7(9)10(14)15/h1-4,13H,(H,14,15). The molecule has 0 saturated carbocycles. The van der Waals surface area contributed by atoms with Crippen LogP contribution in [0.15, 0.2) is 24.4 Å². The highest BCUT2D eigenvalue weighted by Gasteiger charge is 2.12. The number of phenolic OH excluding ortho intramolecular Hbond substituents is 1. The molecule has 2 aromatic rings. The first-order valence-electron chi connectivity index (χ1n) is 4.10. The number of carboxylic acids is 1. The van der Waals surface area contributed by atoms with E-state index in [2.05, 4.69) is 4.98 Å². The summed E-state index contributed by atoms with van der Waals surface area (Å²) in [4.78, 5) is 14.7. The summed E-state index contributed by atoms with van der Waals surface area (Å²) < 4.78 is 0. The van der Waals surface area contributed by atoms with Crippen molar-refractivity contribution in [2.75, 3.05) is 0 Å². The van der Waals surface area contributed by atoms with Crippen LogP contribution in [0.5, 0.6) is 5.75 Å². The van der Waals surface area contributed by atoms with Crippen molar-refractivity contribution < 1.29 is 15.0 Å². The van der Waals surface area contributed by atoms with Crippen LogP contribution in [0.3, 0.4) is 0 Å². The largest absolute Gasteiger partial charge is 0.508 e. The van der Waals surface area contributed by atoms with Crippen LogP contribution in [0.2, 0.25) is 5.02 Å². The van der Waals surface area contributed by atoms with E-state index in [1.165, 1.54) is 24.4 Å². The van der Waals surface area contributed by atoms with Crippen LogP contribution in [0, 0.1) is 0 Å². The molecule has 0 bridgehead atoms. The normalized spacial score (nSPS) is 10.5. The summed E-state index contributed by atoms with van der Waals surface area (Å²) in [6.07, 6.45) is 1.17. The van der Waals surface area contributed by atoms with Gasteiger partial charge in [0.05, 0.1) is 16.1 Å². The van der Waals surface area contributed by atoms with Crippen LogP contribution in [-0.4, -0.2) is 21.2 Å². The third kappa shape index (κ3) is 1.59. The molecule has 15 heavy (non-hydrogen) atoms. The molecule has 76 valence electrons. The number of phenols is 1. The third-order valence-electron chi connectivity index (χ3n) is 2.02. The monoisotopic (exact) mass is 223 g/mol. The Morgan fingerprint density at radius 2 is 2.13 bits per heavy atom. The Labute approximate surface area is 89.8 Å². The zero-order valence-electron chi connectivity index (χ0n) is 7.44. The molecule has 0 aliphatic heterocycles. The van der Waals surface area contributed by atoms with Crippen LogP contribution in [-0.2, 0) is 0 Å². The SMILES string of the molecule is O=C(O)c1cnc2cc(O)ccc2c1Cl. The topological polar surface area (TPSA) is 70.4 Å². The first-order valence-corrected chi connectivity index (χ1v) is 4.48. The summed E-state index contributed by atoms with van der Waals surface area (Å²) in [5, 5.41) is 18.6. The van der Waals surface area contributed by atoms with Crippen LogP contribution in [0.4, 0.5) is 0 Å². The molecular formula is C10H6ClNO3. The molecule has 0 atom stereocenters. The number of aromatic carboxylic acids is 1. The lowest BCUT2D eigenvalue weighted by molar-refractivity contribution is 0.0697. The molecule has 0 radical (unpaired) electrons. The number of aromatic hydroxyl groups is 1. The van der Waals surface area contributed by atoms with E-state index in [-0.39, 0.29) is 16.3 Å². The Bertz CT molecular complexity index is 554. The maximum Gasteiger partial charge on any atom is 0.338 e. The van der Waals surface area contributed by atoms with Crippen molar-refractivity contribution in [2.24, 2.45) is 0 Å². The third-order valence-corrected chi connectivity index (χ3v) is 2.42. The molecule has 2 N–H and O–H groups in total. The number of carbonyl (C=O) groups is 1. The van der Waals surface area contributed by atoms with Gasteiger partial charge < -0.3 is 10.2 Å². The van der Waals surface area contributed by atoms with E-state index in [1.807, 2.05) is 0 Å². The van der Waals surface area contributed by atoms with Crippen molar-refractivity contribution in [1.82, 2.24) is 4.98 Å². The Morgan fingerprint density at radius 3 is 2.80 bits per heavy atom. The van der Waals surface area contributed by atoms with Gasteiger partial charge in [-0.15, -0.1) is 0 Å². The van der Waals surface area contributed by atoms with Gasteiger partial charge in [-0.3, -0.25) is 4.98 Å². The lowest BCUT2D eigenvalue weighted by Crippen LogP contribution is -1.98. The van der Waals surface area contributed by atoms with Gasteiger partial charge in [0, 0.05) is 17.6 Å². The van der Waals surface area contributed by atoms with E-state index in [9.17, 15) is 9.90 Å². The molecule has 1 aromatic carbocycles. The predicted molar refractivity (Wildman–Crippen MR) is 55.4 cm³/mol. The number of nitrogens with zero attached hydrogens (tertiary/aromatic N) is 1. The molecule has 0 amide bonds. The number of hydrogen-bond donors (Lipinski definition) is 2. The smallest absolute Gasteiger partial charge is 0.338 e. The molecule has 4 nitrogen and oxygen atoms in total. The number of pyridine rings is 1. The Balaban J connectivity index is 2.80. The maximum atomic E-state index is 10.8. The summed E-state index contributed by atoms with van der Waals surface area (Å²) in [6.45, 7) is 0. The zero-order chi connectivity index (χ0) is 11.0. The fourth-order valence-electron chi connectivity index (χ4n) is 1.30. The number of rotatable bonds is 1. The minimum absolute atomic E-state index is 0.0464. The Morgan fingerprint density at radius 1 is 1.40 bits per heavy atom. The van der Waals surface area contributed by atoms with Crippen LogP contribution < -0.4 is 0 Å². The highest BCUT2D eigenvalue weighted by molar-refractivity contribution is 6.38. The van der Waals surface area contributed by atoms with Gasteiger partial charge in [0.25, 0.3) is 0 Å². The summed E-state index contributed by atoms with van der Waals surface area (Å²) in [7, 11) is 0. The number of fused-ring (bicyclic) bond motifs is 1. The minimum atomic E-state index is -1.12. The van der Waals surface area contributed by atoms with E-state index in [4.69, 9.17) is 16.7 Å². The van der Waals surface area contributed by atoms with E-state index in [0.29, 0.717) is 10.9 Å². The lowest BCUT2D eigenvalue weighted by atomic mass is 10.1. The average molecular weight is 224 g/mol. The second-order valence-corrected chi connectivity index (χ2v) is 3.37. The maximum absolute atomic E-state index is 10.8. The summed E-state index contributed by atoms with van der Waals surface area (Å²) >= 11 is 5.89. The van der Waals surface area contributed by atoms with Gasteiger partial charge in [-0.05, 0) is 12.1 Å². The molecule has 0 aliphatic rings. The van der Waals surface area contributed by atoms with Crippen molar-refractivity contribution in [2.45, 2.75) is 0 Å². The fourth-order valence-corrected chi connectivity index (χ4v) is 1.59. The molecule has 1 heterocycles. The van der Waals surface area contributed by atoms with E-state index in [0.717, 1.165) is 0 Å². The second kappa shape index (κ2) is 3.40. The molecule has 0 spiro atoms. The molecule has 0 saturated heterocycles. The molecular weight excluding hydrogens is 218 g/mol. The van der Waals surface area contributed by atoms with Gasteiger partial charge in [0.2, 0.25) is 0 Å². The van der Waals surface area contributed by atoms with Gasteiger partial charge in [0.15, 0.2) is 0 Å². The molecule has 0 fully saturated rings. The quantitative estimate of drug-likeness (QED) is 0.778. The Hall–Kier alpha value is -1.81. The van der Waals surface area contributed by atoms with Gasteiger partial charge in [-0.1, -0.05) is 11.6 Å². The molecule has 0 aliphatic carbocycles. The summed E-state index contributed by atoms with van der Waals surface area (Å²) in [5.41, 5.74) is 0.417. The van der Waals surface area contributed by atoms with Gasteiger partial charge in [-0.2, -0.15) is 0 Å². The zero-order valence-corrected chi connectivity index (χ0v) is 8.19. The molecule has 2 rings (SSSR count). The van der Waals surface area contributed by atoms with Crippen molar-refractivity contribution >= 4 is 28.5 Å². The van der Waals surface area contributed by atoms with E-state index >= 15 is 0 Å². The summed E-state index contributed by atoms with van der Waals surface area (Å²) in [6, 6.07) is 4.39. The first kappa shape index (κ1) is 9.73. The van der Waals surface area contributed by atoms with Crippen molar-refractivity contribution in [3.8, 4) is 5.75 Å². The molecule has 5 heteroatoms. The Kier molecular flexibility index (Phi) is 2.21. The van der Waals surface area contributed by atoms with Gasteiger partial charge in [-0.25, -0.2) is 4.79 Å². The predicted octanol–water partition coefficient (Wildman–Crippen LogP) is 2.29. The lowest BCUT2D eigenvalue weighted by Gasteiger charge is -2.03. The van der Waals surface area contributed by atoms with E-state index < -0.39 is 5.97 Å². The minimum Gasteiger partial charge on any atom is -0.508 e. The van der Waals surface area contributed by atoms with Gasteiger partial charge >= 0.3 is 5.97 Å². The van der Waals surface area contributed by atoms with Crippen molar-refractivity contribution in [3.63, 3.8) is 0 Å². The first-order chi connectivity index (χ1) is 7.09. The molecule has 1 aromatic heterocycles. The highest BCUT2D eigenvalue weighted by atomic mass is 35.5. The number of carboxylic acid groups (broad SMARTS) is 1. The van der Waals surface area contributed by atoms with Crippen LogP contribution in [0.1, 0.15) is 10.4 Å². The summed E-state index contributed by atoms with van der Waals surface area (Å²) in [5.74, 6) is -1.06. The second-order valence-electron chi connectivity index (χ2n) is 2.99. The average Bonchev–Trinajstić information content (AvgIpc) is 2.17. The molecule has 0 unspecified atom stereocenters. The number of aromatic nitrogens is 1. The van der Waals surface area contributed by atoms with Gasteiger partial charge in [0.1, 0.15) is 5.75 Å². The van der Waals surface area contributed by atoms with Crippen molar-refractivity contribution in [1.29, 1.82) is 0 Å². The fraction of sp³-hybridized carbons (Fsp3) is 0.